The number of methoxy groups -OCH3 is 1. The summed E-state index contributed by atoms with van der Waals surface area (Å²) in [6, 6.07) is 14.1. The van der Waals surface area contributed by atoms with Gasteiger partial charge >= 0.3 is 12.1 Å². The van der Waals surface area contributed by atoms with Crippen LogP contribution in [0.4, 0.5) is 16.3 Å². The monoisotopic (exact) mass is 557 g/mol. The van der Waals surface area contributed by atoms with E-state index in [4.69, 9.17) is 14.3 Å². The number of ether oxygens (including phenoxy) is 2. The van der Waals surface area contributed by atoms with Crippen molar-refractivity contribution in [1.29, 1.82) is 0 Å². The number of fused-ring (bicyclic) bond motifs is 1. The summed E-state index contributed by atoms with van der Waals surface area (Å²) < 4.78 is 11.5. The lowest BCUT2D eigenvalue weighted by Gasteiger charge is -2.31. The molecule has 0 saturated carbocycles. The molecule has 1 unspecified atom stereocenters. The normalized spacial score (nSPS) is 12.7. The van der Waals surface area contributed by atoms with Crippen LogP contribution in [0, 0.1) is 0 Å². The minimum absolute atomic E-state index is 0.305. The van der Waals surface area contributed by atoms with Crippen LogP contribution in [0.1, 0.15) is 53.1 Å². The maximum Gasteiger partial charge on any atom is 0.440 e. The van der Waals surface area contributed by atoms with Crippen molar-refractivity contribution >= 4 is 50.3 Å². The summed E-state index contributed by atoms with van der Waals surface area (Å²) in [5.41, 5.74) is 0.0464. The van der Waals surface area contributed by atoms with Crippen LogP contribution in [0.25, 0.3) is 10.8 Å². The second-order valence-corrected chi connectivity index (χ2v) is 11.1. The zero-order chi connectivity index (χ0) is 26.7. The minimum atomic E-state index is -0.715. The van der Waals surface area contributed by atoms with Gasteiger partial charge in [0.05, 0.1) is 12.7 Å². The molecule has 2 aromatic carbocycles. The molecule has 1 N–H and O–H groups in total. The van der Waals surface area contributed by atoms with Gasteiger partial charge in [-0.3, -0.25) is 4.84 Å². The van der Waals surface area contributed by atoms with E-state index < -0.39 is 29.3 Å². The number of anilines is 2. The van der Waals surface area contributed by atoms with Crippen LogP contribution >= 0.6 is 15.9 Å². The van der Waals surface area contributed by atoms with Gasteiger partial charge in [-0.05, 0) is 88.9 Å². The lowest BCUT2D eigenvalue weighted by Crippen LogP contribution is -2.42. The molecule has 3 aromatic rings. The molecule has 3 rings (SSSR count). The number of carbonyl (C=O) groups excluding carboxylic acids is 2. The van der Waals surface area contributed by atoms with Crippen molar-refractivity contribution in [2.24, 2.45) is 0 Å². The Hall–Kier alpha value is -3.17. The van der Waals surface area contributed by atoms with Crippen molar-refractivity contribution in [2.75, 3.05) is 17.5 Å². The van der Waals surface area contributed by atoms with E-state index in [2.05, 4.69) is 26.2 Å². The van der Waals surface area contributed by atoms with Crippen molar-refractivity contribution in [3.63, 3.8) is 0 Å². The summed E-state index contributed by atoms with van der Waals surface area (Å²) in [4.78, 5) is 36.0. The Morgan fingerprint density at radius 1 is 1.00 bits per heavy atom. The molecule has 0 aliphatic carbocycles. The fraction of sp³-hybridized carbons (Fsp3) is 0.370. The van der Waals surface area contributed by atoms with Crippen LogP contribution in [0.3, 0.4) is 0 Å². The highest BCUT2D eigenvalue weighted by molar-refractivity contribution is 9.10. The van der Waals surface area contributed by atoms with E-state index in [0.29, 0.717) is 16.9 Å². The predicted molar refractivity (Wildman–Crippen MR) is 144 cm³/mol. The third-order valence-corrected chi connectivity index (χ3v) is 5.28. The molecule has 192 valence electrons. The summed E-state index contributed by atoms with van der Waals surface area (Å²) in [5, 5.41) is 5.81. The molecule has 1 heterocycles. The summed E-state index contributed by atoms with van der Waals surface area (Å²) in [5.74, 6) is -0.113. The van der Waals surface area contributed by atoms with Crippen LogP contribution in [0.2, 0.25) is 0 Å². The Balaban J connectivity index is 2.01. The molecular weight excluding hydrogens is 526 g/mol. The molecule has 1 aromatic heterocycles. The van der Waals surface area contributed by atoms with Gasteiger partial charge in [0.1, 0.15) is 5.60 Å². The number of hydroxylamine groups is 1. The number of amides is 1. The maximum absolute atomic E-state index is 13.1. The van der Waals surface area contributed by atoms with Gasteiger partial charge in [-0.1, -0.05) is 28.1 Å². The molecular formula is C27H32BrN3O5. The molecule has 0 aliphatic rings. The maximum atomic E-state index is 13.1. The first-order chi connectivity index (χ1) is 16.8. The van der Waals surface area contributed by atoms with Gasteiger partial charge in [0.25, 0.3) is 0 Å². The number of nitrogens with one attached hydrogen (secondary N) is 1. The molecule has 0 fully saturated rings. The van der Waals surface area contributed by atoms with Gasteiger partial charge in [-0.2, -0.15) is 0 Å². The van der Waals surface area contributed by atoms with Crippen molar-refractivity contribution in [2.45, 2.75) is 58.8 Å². The summed E-state index contributed by atoms with van der Waals surface area (Å²) in [6.45, 7) is 10.9. The van der Waals surface area contributed by atoms with E-state index in [-0.39, 0.29) is 0 Å². The highest BCUT2D eigenvalue weighted by atomic mass is 79.9. The Kier molecular flexibility index (Phi) is 8.26. The molecule has 0 saturated heterocycles. The van der Waals surface area contributed by atoms with Crippen LogP contribution in [0.5, 0.6) is 0 Å². The predicted octanol–water partition coefficient (Wildman–Crippen LogP) is 6.80. The number of esters is 1. The average molecular weight is 558 g/mol. The van der Waals surface area contributed by atoms with Crippen LogP contribution in [-0.2, 0) is 19.1 Å². The number of benzene rings is 2. The fourth-order valence-electron chi connectivity index (χ4n) is 3.41. The molecule has 0 spiro atoms. The van der Waals surface area contributed by atoms with E-state index in [0.717, 1.165) is 20.5 Å². The highest BCUT2D eigenvalue weighted by Gasteiger charge is 2.31. The quantitative estimate of drug-likeness (QED) is 0.263. The van der Waals surface area contributed by atoms with Crippen molar-refractivity contribution in [1.82, 2.24) is 4.98 Å². The van der Waals surface area contributed by atoms with Gasteiger partial charge < -0.3 is 14.8 Å². The minimum Gasteiger partial charge on any atom is -0.467 e. The van der Waals surface area contributed by atoms with Gasteiger partial charge in [-0.15, -0.1) is 5.06 Å². The number of halogens is 1. The lowest BCUT2D eigenvalue weighted by atomic mass is 10.1. The number of hydrogen-bond acceptors (Lipinski definition) is 7. The first kappa shape index (κ1) is 27.4. The van der Waals surface area contributed by atoms with Gasteiger partial charge in [-0.25, -0.2) is 14.6 Å². The topological polar surface area (TPSA) is 90.0 Å². The van der Waals surface area contributed by atoms with Crippen LogP contribution in [0.15, 0.2) is 59.2 Å². The van der Waals surface area contributed by atoms with Gasteiger partial charge in [0.2, 0.25) is 0 Å². The van der Waals surface area contributed by atoms with Gasteiger partial charge in [0, 0.05) is 21.7 Å². The number of hydrogen-bond donors (Lipinski definition) is 1. The van der Waals surface area contributed by atoms with E-state index in [9.17, 15) is 9.59 Å². The van der Waals surface area contributed by atoms with E-state index in [1.165, 1.54) is 7.11 Å². The largest absolute Gasteiger partial charge is 0.467 e. The summed E-state index contributed by atoms with van der Waals surface area (Å²) in [7, 11) is 1.35. The first-order valence-corrected chi connectivity index (χ1v) is 12.3. The average Bonchev–Trinajstić information content (AvgIpc) is 2.78. The van der Waals surface area contributed by atoms with E-state index in [1.54, 1.807) is 27.0 Å². The Morgan fingerprint density at radius 2 is 1.72 bits per heavy atom. The summed E-state index contributed by atoms with van der Waals surface area (Å²) in [6.07, 6.45) is 0.928. The smallest absolute Gasteiger partial charge is 0.440 e. The second-order valence-electron chi connectivity index (χ2n) is 10.2. The molecule has 1 atom stereocenters. The standard InChI is InChI=1S/C27H32BrN3O5/c1-26(2,3)35-25(33)31(36-27(4,5)6)23-21-12-11-20(16-17(21)13-14-29-23)30-22(24(32)34-7)18-9-8-10-19(28)15-18/h8-16,22,30H,1-7H3. The van der Waals surface area contributed by atoms with Crippen LogP contribution < -0.4 is 10.4 Å². The third kappa shape index (κ3) is 7.18. The van der Waals surface area contributed by atoms with Crippen LogP contribution in [-0.4, -0.2) is 35.4 Å². The molecule has 9 heteroatoms. The summed E-state index contributed by atoms with van der Waals surface area (Å²) >= 11 is 3.45. The van der Waals surface area contributed by atoms with E-state index in [1.807, 2.05) is 69.3 Å². The Bertz CT molecular complexity index is 1250. The number of pyridine rings is 1. The molecule has 0 radical (unpaired) electrons. The molecule has 36 heavy (non-hydrogen) atoms. The number of aromatic nitrogens is 1. The molecule has 1 amide bonds. The zero-order valence-corrected chi connectivity index (χ0v) is 23.2. The van der Waals surface area contributed by atoms with Crippen molar-refractivity contribution in [3.05, 3.63) is 64.8 Å². The second kappa shape index (κ2) is 10.8. The van der Waals surface area contributed by atoms with E-state index >= 15 is 0 Å². The van der Waals surface area contributed by atoms with Crippen molar-refractivity contribution < 1.29 is 23.9 Å². The fourth-order valence-corrected chi connectivity index (χ4v) is 3.82. The number of nitrogens with zero attached hydrogens (tertiary/aromatic N) is 2. The Morgan fingerprint density at radius 3 is 2.33 bits per heavy atom. The van der Waals surface area contributed by atoms with Gasteiger partial charge in [0.15, 0.2) is 11.9 Å². The third-order valence-electron chi connectivity index (χ3n) is 4.79. The highest BCUT2D eigenvalue weighted by Crippen LogP contribution is 2.32. The lowest BCUT2D eigenvalue weighted by molar-refractivity contribution is -0.141. The molecule has 0 aliphatic heterocycles. The SMILES string of the molecule is COC(=O)C(Nc1ccc2c(N(OC(C)(C)C)C(=O)OC(C)(C)C)nccc2c1)c1cccc(Br)c1. The number of rotatable bonds is 6. The Labute approximate surface area is 220 Å². The molecule has 0 bridgehead atoms. The zero-order valence-electron chi connectivity index (χ0n) is 21.6. The van der Waals surface area contributed by atoms with Crippen molar-refractivity contribution in [3.8, 4) is 0 Å². The molecule has 8 nitrogen and oxygen atoms in total. The number of carbonyl (C=O) groups is 2. The first-order valence-electron chi connectivity index (χ1n) is 11.5.